The van der Waals surface area contributed by atoms with E-state index in [-0.39, 0.29) is 43.8 Å². The van der Waals surface area contributed by atoms with Crippen molar-refractivity contribution in [3.63, 3.8) is 0 Å². The molecule has 1 aromatic carbocycles. The number of phenolic OH excluding ortho intramolecular Hbond substituents is 1. The van der Waals surface area contributed by atoms with Crippen LogP contribution in [0.3, 0.4) is 0 Å². The molecule has 0 saturated carbocycles. The van der Waals surface area contributed by atoms with Crippen LogP contribution in [0.2, 0.25) is 0 Å². The molecule has 1 aromatic rings. The zero-order valence-electron chi connectivity index (χ0n) is 39.3. The molecule has 8 amide bonds. The lowest BCUT2D eigenvalue weighted by atomic mass is 9.93. The Morgan fingerprint density at radius 3 is 2.06 bits per heavy atom. The predicted octanol–water partition coefficient (Wildman–Crippen LogP) is 1.31. The van der Waals surface area contributed by atoms with Crippen molar-refractivity contribution in [2.45, 2.75) is 156 Å². The maximum Gasteiger partial charge on any atom is 0.329 e. The summed E-state index contributed by atoms with van der Waals surface area (Å²) in [5.41, 5.74) is 5.94. The Kier molecular flexibility index (Phi) is 20.0. The molecule has 3 rings (SSSR count). The number of phenols is 1. The highest BCUT2D eigenvalue weighted by atomic mass is 16.5. The molecule has 1 fully saturated rings. The van der Waals surface area contributed by atoms with Crippen LogP contribution in [0.4, 0.5) is 0 Å². The molecule has 8 N–H and O–H groups in total. The Balaban J connectivity index is 2.25. The molecule has 2 heterocycles. The number of hydrogen-bond acceptors (Lipinski definition) is 11. The highest BCUT2D eigenvalue weighted by Crippen LogP contribution is 2.25. The van der Waals surface area contributed by atoms with E-state index in [2.05, 4.69) is 26.6 Å². The van der Waals surface area contributed by atoms with Gasteiger partial charge in [-0.3, -0.25) is 38.4 Å². The van der Waals surface area contributed by atoms with Crippen LogP contribution in [-0.2, 0) is 54.3 Å². The molecule has 2 bridgehead atoms. The molecule has 10 atom stereocenters. The molecule has 2 aliphatic heterocycles. The van der Waals surface area contributed by atoms with Gasteiger partial charge < -0.3 is 52.0 Å². The summed E-state index contributed by atoms with van der Waals surface area (Å²) in [6, 6.07) is -3.23. The molecule has 19 nitrogen and oxygen atoms in total. The fourth-order valence-corrected chi connectivity index (χ4v) is 7.52. The highest BCUT2D eigenvalue weighted by molar-refractivity contribution is 5.99. The second-order valence-corrected chi connectivity index (χ2v) is 18.0. The minimum atomic E-state index is -1.71. The molecule has 1 saturated heterocycles. The summed E-state index contributed by atoms with van der Waals surface area (Å²) >= 11 is 0. The van der Waals surface area contributed by atoms with Crippen molar-refractivity contribution >= 4 is 53.2 Å². The number of carbonyl (C=O) groups excluding carboxylic acids is 9. The van der Waals surface area contributed by atoms with Crippen molar-refractivity contribution in [3.8, 4) is 5.75 Å². The number of aromatic hydroxyl groups is 1. The van der Waals surface area contributed by atoms with Crippen molar-refractivity contribution in [1.82, 2.24) is 36.4 Å². The van der Waals surface area contributed by atoms with Gasteiger partial charge in [-0.15, -0.1) is 0 Å². The van der Waals surface area contributed by atoms with Crippen LogP contribution in [-0.4, -0.2) is 124 Å². The summed E-state index contributed by atoms with van der Waals surface area (Å²) < 4.78 is 5.91. The number of cyclic esters (lactones) is 1. The maximum absolute atomic E-state index is 14.8. The summed E-state index contributed by atoms with van der Waals surface area (Å²) in [6.45, 7) is 15.3. The number of rotatable bonds is 15. The molecule has 5 unspecified atom stereocenters. The van der Waals surface area contributed by atoms with E-state index in [9.17, 15) is 48.3 Å². The van der Waals surface area contributed by atoms with Gasteiger partial charge in [0.2, 0.25) is 47.3 Å². The lowest BCUT2D eigenvalue weighted by Gasteiger charge is -2.40. The number of carbonyl (C=O) groups is 9. The minimum Gasteiger partial charge on any atom is -0.508 e. The molecule has 65 heavy (non-hydrogen) atoms. The SMILES string of the molecule is CCC(C)C1C(=O)N(C)C(Cc2ccc(O)cc2)C(=O)N[C@@H](C(C)CC)C(=O)O[C@H](C)[C@H](NC(=O)[C@H](CCC(N)=O)NC(=O)C(C)C)C(=O)NC(CC(C)C)C(=O)N[C@H]2CC=CN1C2=O. The molecule has 0 radical (unpaired) electrons. The van der Waals surface area contributed by atoms with Crippen molar-refractivity contribution in [3.05, 3.63) is 42.1 Å². The fraction of sp³-hybridized carbons (Fsp3) is 0.630. The van der Waals surface area contributed by atoms with Crippen LogP contribution in [0.1, 0.15) is 106 Å². The molecule has 2 aliphatic rings. The van der Waals surface area contributed by atoms with Gasteiger partial charge in [-0.1, -0.05) is 86.4 Å². The number of ether oxygens (including phenoxy) is 1. The maximum atomic E-state index is 14.8. The first kappa shape index (κ1) is 53.3. The van der Waals surface area contributed by atoms with Crippen molar-refractivity contribution in [2.75, 3.05) is 7.05 Å². The predicted molar refractivity (Wildman–Crippen MR) is 240 cm³/mol. The second-order valence-electron chi connectivity index (χ2n) is 18.0. The van der Waals surface area contributed by atoms with Gasteiger partial charge in [0.15, 0.2) is 0 Å². The van der Waals surface area contributed by atoms with E-state index in [1.807, 2.05) is 20.8 Å². The zero-order chi connectivity index (χ0) is 48.9. The van der Waals surface area contributed by atoms with E-state index in [0.717, 1.165) is 0 Å². The van der Waals surface area contributed by atoms with E-state index in [1.54, 1.807) is 52.8 Å². The largest absolute Gasteiger partial charge is 0.508 e. The van der Waals surface area contributed by atoms with Gasteiger partial charge in [0.25, 0.3) is 0 Å². The lowest BCUT2D eigenvalue weighted by Crippen LogP contribution is -2.62. The summed E-state index contributed by atoms with van der Waals surface area (Å²) in [7, 11) is 1.43. The Morgan fingerprint density at radius 1 is 0.862 bits per heavy atom. The van der Waals surface area contributed by atoms with Crippen LogP contribution >= 0.6 is 0 Å². The van der Waals surface area contributed by atoms with Gasteiger partial charge >= 0.3 is 5.97 Å². The topological polar surface area (TPSA) is 276 Å². The number of nitrogens with zero attached hydrogens (tertiary/aromatic N) is 2. The second kappa shape index (κ2) is 24.3. The first-order chi connectivity index (χ1) is 30.5. The summed E-state index contributed by atoms with van der Waals surface area (Å²) in [4.78, 5) is 128. The molecule has 0 spiro atoms. The monoisotopic (exact) mass is 911 g/mol. The molecule has 19 heteroatoms. The Hall–Kier alpha value is -6.01. The first-order valence-corrected chi connectivity index (χ1v) is 22.5. The Morgan fingerprint density at radius 2 is 1.49 bits per heavy atom. The van der Waals surface area contributed by atoms with Crippen molar-refractivity contribution in [1.29, 1.82) is 0 Å². The third-order valence-electron chi connectivity index (χ3n) is 12.0. The third kappa shape index (κ3) is 14.8. The van der Waals surface area contributed by atoms with Crippen LogP contribution in [0.5, 0.6) is 5.75 Å². The number of fused-ring (bicyclic) bond motifs is 2. The molecular formula is C46H70N8O11. The smallest absolute Gasteiger partial charge is 0.329 e. The molecule has 360 valence electrons. The number of amides is 8. The summed E-state index contributed by atoms with van der Waals surface area (Å²) in [5, 5.41) is 23.3. The molecule has 0 aliphatic carbocycles. The van der Waals surface area contributed by atoms with Crippen LogP contribution < -0.4 is 32.3 Å². The number of esters is 1. The van der Waals surface area contributed by atoms with Crippen LogP contribution in [0.15, 0.2) is 36.5 Å². The number of nitrogens with two attached hydrogens (primary N) is 1. The van der Waals surface area contributed by atoms with E-state index in [4.69, 9.17) is 10.5 Å². The Labute approximate surface area is 381 Å². The van der Waals surface area contributed by atoms with Crippen LogP contribution in [0.25, 0.3) is 0 Å². The van der Waals surface area contributed by atoms with Crippen LogP contribution in [0, 0.1) is 23.7 Å². The zero-order valence-corrected chi connectivity index (χ0v) is 39.3. The quantitative estimate of drug-likeness (QED) is 0.123. The van der Waals surface area contributed by atoms with Gasteiger partial charge in [-0.05, 0) is 61.6 Å². The first-order valence-electron chi connectivity index (χ1n) is 22.5. The Bertz CT molecular complexity index is 1920. The lowest BCUT2D eigenvalue weighted by molar-refractivity contribution is -0.158. The minimum absolute atomic E-state index is 0.0223. The van der Waals surface area contributed by atoms with E-state index >= 15 is 0 Å². The molecule has 0 aromatic heterocycles. The third-order valence-corrected chi connectivity index (χ3v) is 12.0. The van der Waals surface area contributed by atoms with Crippen molar-refractivity contribution in [2.24, 2.45) is 29.4 Å². The average molecular weight is 911 g/mol. The number of benzene rings is 1. The summed E-state index contributed by atoms with van der Waals surface area (Å²) in [5.74, 6) is -8.59. The van der Waals surface area contributed by atoms with Gasteiger partial charge in [0, 0.05) is 32.0 Å². The number of likely N-dealkylation sites (N-methyl/N-ethyl adjacent to an activating group) is 1. The van der Waals surface area contributed by atoms with E-state index in [0.29, 0.717) is 18.4 Å². The number of hydrogen-bond donors (Lipinski definition) is 7. The van der Waals surface area contributed by atoms with Crippen molar-refractivity contribution < 1.29 is 53.0 Å². The van der Waals surface area contributed by atoms with Gasteiger partial charge in [0.05, 0.1) is 0 Å². The standard InChI is InChI=1S/C46H70N8O11/c1-11-26(7)36-46(64)65-28(9)37(52-40(58)31(19-20-35(47)56)48-39(57)25(5)6)43(61)50-33(22-24(3)4)41(59)49-32-14-13-21-54(44(32)62)38(27(8)12-2)45(63)53(10)34(42(60)51-36)23-29-15-17-30(55)18-16-29/h13,15-18,21,24-28,31-34,36-38,55H,11-12,14,19-20,22-23H2,1-10H3,(H2,47,56)(H,48,57)(H,49,59)(H,50,61)(H,51,60)(H,52,58)/t26?,27?,28-,31+,32+,33?,34?,36+,37+,38?/m1/s1. The van der Waals surface area contributed by atoms with E-state index < -0.39 is 119 Å². The number of nitrogens with one attached hydrogen (secondary N) is 5. The number of primary amides is 1. The highest BCUT2D eigenvalue weighted by Gasteiger charge is 2.44. The average Bonchev–Trinajstić information content (AvgIpc) is 3.25. The van der Waals surface area contributed by atoms with Gasteiger partial charge in [-0.25, -0.2) is 4.79 Å². The summed E-state index contributed by atoms with van der Waals surface area (Å²) in [6.07, 6.45) is 1.98. The molecular weight excluding hydrogens is 841 g/mol. The fourth-order valence-electron chi connectivity index (χ4n) is 7.52. The van der Waals surface area contributed by atoms with E-state index in [1.165, 1.54) is 42.1 Å². The normalized spacial score (nSPS) is 25.3. The van der Waals surface area contributed by atoms with Gasteiger partial charge in [-0.2, -0.15) is 0 Å². The van der Waals surface area contributed by atoms with Gasteiger partial charge in [0.1, 0.15) is 54.1 Å².